The highest BCUT2D eigenvalue weighted by Crippen LogP contribution is 2.16. The third-order valence-corrected chi connectivity index (χ3v) is 3.47. The summed E-state index contributed by atoms with van der Waals surface area (Å²) in [6, 6.07) is 0. The molecular weight excluding hydrogens is 266 g/mol. The molecule has 0 aliphatic rings. The van der Waals surface area contributed by atoms with Crippen LogP contribution in [0.3, 0.4) is 0 Å². The second-order valence-corrected chi connectivity index (χ2v) is 6.00. The Morgan fingerprint density at radius 3 is 2.52 bits per heavy atom. The Morgan fingerprint density at radius 2 is 1.81 bits per heavy atom. The number of nitrogens with two attached hydrogens (primary N) is 1. The van der Waals surface area contributed by atoms with Gasteiger partial charge in [-0.1, -0.05) is 51.1 Å². The van der Waals surface area contributed by atoms with Gasteiger partial charge in [-0.3, -0.25) is 0 Å². The Labute approximate surface area is 128 Å². The van der Waals surface area contributed by atoms with Crippen LogP contribution in [0.4, 0.5) is 0 Å². The summed E-state index contributed by atoms with van der Waals surface area (Å²) < 4.78 is 10.8. The minimum atomic E-state index is -0.682. The van der Waals surface area contributed by atoms with Gasteiger partial charge in [-0.15, -0.1) is 0 Å². The predicted octanol–water partition coefficient (Wildman–Crippen LogP) is 3.57. The molecule has 0 radical (unpaired) electrons. The summed E-state index contributed by atoms with van der Waals surface area (Å²) in [5, 5.41) is 4.00. The second kappa shape index (κ2) is 9.90. The highest BCUT2D eigenvalue weighted by molar-refractivity contribution is 5.01. The zero-order valence-electron chi connectivity index (χ0n) is 13.9. The molecule has 1 heterocycles. The van der Waals surface area contributed by atoms with Gasteiger partial charge in [-0.2, -0.15) is 4.98 Å². The first-order valence-electron chi connectivity index (χ1n) is 8.29. The molecule has 1 rings (SSSR count). The van der Waals surface area contributed by atoms with Crippen LogP contribution in [0.15, 0.2) is 4.52 Å². The smallest absolute Gasteiger partial charge is 0.226 e. The SMILES string of the molecule is CCCCCCCCc1nc(C(C)(N)COCCC)no1. The lowest BCUT2D eigenvalue weighted by Gasteiger charge is -2.19. The van der Waals surface area contributed by atoms with Gasteiger partial charge in [0.1, 0.15) is 5.54 Å². The van der Waals surface area contributed by atoms with Gasteiger partial charge in [0.25, 0.3) is 0 Å². The molecule has 0 amide bonds. The monoisotopic (exact) mass is 297 g/mol. The quantitative estimate of drug-likeness (QED) is 0.597. The summed E-state index contributed by atoms with van der Waals surface area (Å²) in [5.41, 5.74) is 5.51. The molecule has 5 heteroatoms. The topological polar surface area (TPSA) is 74.2 Å². The van der Waals surface area contributed by atoms with E-state index in [9.17, 15) is 0 Å². The molecular formula is C16H31N3O2. The Kier molecular flexibility index (Phi) is 8.54. The average molecular weight is 297 g/mol. The molecule has 1 aromatic heterocycles. The molecule has 0 aliphatic carbocycles. The molecule has 5 nitrogen and oxygen atoms in total. The minimum Gasteiger partial charge on any atom is -0.379 e. The van der Waals surface area contributed by atoms with Gasteiger partial charge in [0.15, 0.2) is 5.82 Å². The molecule has 0 bridgehead atoms. The fraction of sp³-hybridized carbons (Fsp3) is 0.875. The normalized spacial score (nSPS) is 14.3. The Morgan fingerprint density at radius 1 is 1.10 bits per heavy atom. The van der Waals surface area contributed by atoms with Crippen molar-refractivity contribution < 1.29 is 9.26 Å². The van der Waals surface area contributed by atoms with E-state index in [0.29, 0.717) is 24.9 Å². The van der Waals surface area contributed by atoms with Crippen LogP contribution < -0.4 is 5.73 Å². The van der Waals surface area contributed by atoms with E-state index in [1.165, 1.54) is 32.1 Å². The number of rotatable bonds is 12. The van der Waals surface area contributed by atoms with Gasteiger partial charge in [0.05, 0.1) is 6.61 Å². The summed E-state index contributed by atoms with van der Waals surface area (Å²) in [7, 11) is 0. The summed E-state index contributed by atoms with van der Waals surface area (Å²) in [6.07, 6.45) is 9.35. The fourth-order valence-electron chi connectivity index (χ4n) is 2.14. The number of aryl methyl sites for hydroxylation is 1. The zero-order chi connectivity index (χ0) is 15.6. The van der Waals surface area contributed by atoms with E-state index in [1.807, 2.05) is 6.92 Å². The van der Waals surface area contributed by atoms with Crippen LogP contribution in [-0.4, -0.2) is 23.4 Å². The van der Waals surface area contributed by atoms with Crippen molar-refractivity contribution in [2.75, 3.05) is 13.2 Å². The van der Waals surface area contributed by atoms with Crippen LogP contribution in [0.5, 0.6) is 0 Å². The van der Waals surface area contributed by atoms with Gasteiger partial charge < -0.3 is 15.0 Å². The number of nitrogens with zero attached hydrogens (tertiary/aromatic N) is 2. The summed E-state index contributed by atoms with van der Waals surface area (Å²) in [4.78, 5) is 4.41. The summed E-state index contributed by atoms with van der Waals surface area (Å²) >= 11 is 0. The summed E-state index contributed by atoms with van der Waals surface area (Å²) in [6.45, 7) is 7.29. The maximum atomic E-state index is 6.19. The molecule has 0 saturated heterocycles. The van der Waals surface area contributed by atoms with E-state index in [4.69, 9.17) is 15.0 Å². The number of hydrogen-bond acceptors (Lipinski definition) is 5. The molecule has 1 atom stereocenters. The average Bonchev–Trinajstić information content (AvgIpc) is 2.92. The number of ether oxygens (including phenoxy) is 1. The van der Waals surface area contributed by atoms with Crippen LogP contribution in [0.1, 0.15) is 77.4 Å². The van der Waals surface area contributed by atoms with Crippen molar-refractivity contribution in [1.29, 1.82) is 0 Å². The lowest BCUT2D eigenvalue weighted by molar-refractivity contribution is 0.0867. The van der Waals surface area contributed by atoms with Gasteiger partial charge in [0.2, 0.25) is 5.89 Å². The molecule has 21 heavy (non-hydrogen) atoms. The highest BCUT2D eigenvalue weighted by atomic mass is 16.5. The molecule has 0 aromatic carbocycles. The first-order chi connectivity index (χ1) is 10.1. The van der Waals surface area contributed by atoms with Crippen molar-refractivity contribution in [1.82, 2.24) is 10.1 Å². The lowest BCUT2D eigenvalue weighted by atomic mass is 10.1. The molecule has 0 aliphatic heterocycles. The molecule has 2 N–H and O–H groups in total. The van der Waals surface area contributed by atoms with E-state index in [1.54, 1.807) is 0 Å². The van der Waals surface area contributed by atoms with Crippen molar-refractivity contribution >= 4 is 0 Å². The molecule has 122 valence electrons. The minimum absolute atomic E-state index is 0.414. The van der Waals surface area contributed by atoms with E-state index < -0.39 is 5.54 Å². The first-order valence-corrected chi connectivity index (χ1v) is 8.29. The van der Waals surface area contributed by atoms with E-state index in [-0.39, 0.29) is 0 Å². The lowest BCUT2D eigenvalue weighted by Crippen LogP contribution is -2.39. The predicted molar refractivity (Wildman–Crippen MR) is 84.0 cm³/mol. The van der Waals surface area contributed by atoms with E-state index in [2.05, 4.69) is 24.0 Å². The maximum Gasteiger partial charge on any atom is 0.226 e. The Bertz CT molecular complexity index is 377. The first kappa shape index (κ1) is 18.1. The van der Waals surface area contributed by atoms with Crippen molar-refractivity contribution in [3.8, 4) is 0 Å². The van der Waals surface area contributed by atoms with Crippen LogP contribution in [0.2, 0.25) is 0 Å². The van der Waals surface area contributed by atoms with Gasteiger partial charge in [-0.05, 0) is 19.8 Å². The standard InChI is InChI=1S/C16H31N3O2/c1-4-6-7-8-9-10-11-14-18-15(19-21-14)16(3,17)13-20-12-5-2/h4-13,17H2,1-3H3. The van der Waals surface area contributed by atoms with Crippen molar-refractivity contribution in [2.45, 2.75) is 77.7 Å². The van der Waals surface area contributed by atoms with Crippen LogP contribution in [0, 0.1) is 0 Å². The largest absolute Gasteiger partial charge is 0.379 e. The Balaban J connectivity index is 2.31. The number of aromatic nitrogens is 2. The second-order valence-electron chi connectivity index (χ2n) is 6.00. The van der Waals surface area contributed by atoms with Crippen LogP contribution in [0.25, 0.3) is 0 Å². The molecule has 1 aromatic rings. The van der Waals surface area contributed by atoms with Crippen molar-refractivity contribution in [3.63, 3.8) is 0 Å². The van der Waals surface area contributed by atoms with Crippen LogP contribution in [-0.2, 0) is 16.7 Å². The maximum absolute atomic E-state index is 6.19. The fourth-order valence-corrected chi connectivity index (χ4v) is 2.14. The third kappa shape index (κ3) is 7.05. The summed E-state index contributed by atoms with van der Waals surface area (Å²) in [5.74, 6) is 1.23. The Hall–Kier alpha value is -0.940. The van der Waals surface area contributed by atoms with E-state index >= 15 is 0 Å². The van der Waals surface area contributed by atoms with Gasteiger partial charge in [-0.25, -0.2) is 0 Å². The van der Waals surface area contributed by atoms with Crippen molar-refractivity contribution in [2.24, 2.45) is 5.73 Å². The van der Waals surface area contributed by atoms with Crippen molar-refractivity contribution in [3.05, 3.63) is 11.7 Å². The molecule has 0 spiro atoms. The number of hydrogen-bond donors (Lipinski definition) is 1. The number of unbranched alkanes of at least 4 members (excludes halogenated alkanes) is 5. The molecule has 0 fully saturated rings. The van der Waals surface area contributed by atoms with Crippen LogP contribution >= 0.6 is 0 Å². The van der Waals surface area contributed by atoms with Gasteiger partial charge in [0, 0.05) is 13.0 Å². The highest BCUT2D eigenvalue weighted by Gasteiger charge is 2.27. The van der Waals surface area contributed by atoms with Gasteiger partial charge >= 0.3 is 0 Å². The molecule has 0 saturated carbocycles. The van der Waals surface area contributed by atoms with E-state index in [0.717, 1.165) is 19.3 Å². The third-order valence-electron chi connectivity index (χ3n) is 3.47. The molecule has 1 unspecified atom stereocenters. The zero-order valence-corrected chi connectivity index (χ0v) is 13.9.